The van der Waals surface area contributed by atoms with Crippen molar-refractivity contribution in [3.8, 4) is 0 Å². The van der Waals surface area contributed by atoms with E-state index in [1.54, 1.807) is 30.5 Å². The van der Waals surface area contributed by atoms with Crippen molar-refractivity contribution in [2.45, 2.75) is 24.3 Å². The summed E-state index contributed by atoms with van der Waals surface area (Å²) in [5, 5.41) is 0. The Morgan fingerprint density at radius 2 is 1.62 bits per heavy atom. The lowest BCUT2D eigenvalue weighted by Crippen LogP contribution is -2.49. The Morgan fingerprint density at radius 1 is 0.931 bits per heavy atom. The zero-order chi connectivity index (χ0) is 20.3. The van der Waals surface area contributed by atoms with Gasteiger partial charge in [-0.2, -0.15) is 4.31 Å². The maximum atomic E-state index is 12.8. The predicted molar refractivity (Wildman–Crippen MR) is 109 cm³/mol. The molecule has 156 valence electrons. The van der Waals surface area contributed by atoms with Crippen molar-refractivity contribution < 1.29 is 13.2 Å². The molecule has 2 aliphatic rings. The first-order valence-electron chi connectivity index (χ1n) is 10.1. The van der Waals surface area contributed by atoms with Crippen LogP contribution >= 0.6 is 0 Å². The van der Waals surface area contributed by atoms with Gasteiger partial charge in [-0.1, -0.05) is 0 Å². The third kappa shape index (κ3) is 4.52. The summed E-state index contributed by atoms with van der Waals surface area (Å²) in [6, 6.07) is 6.39. The normalized spacial score (nSPS) is 19.0. The van der Waals surface area contributed by atoms with Gasteiger partial charge in [0.1, 0.15) is 0 Å². The van der Waals surface area contributed by atoms with Gasteiger partial charge in [0.05, 0.1) is 11.2 Å². The number of sulfonamides is 1. The van der Waals surface area contributed by atoms with E-state index in [1.807, 2.05) is 17.4 Å². The van der Waals surface area contributed by atoms with Crippen LogP contribution in [-0.2, 0) is 16.6 Å². The first-order valence-corrected chi connectivity index (χ1v) is 11.6. The zero-order valence-electron chi connectivity index (χ0n) is 16.5. The number of imidazole rings is 1. The van der Waals surface area contributed by atoms with E-state index in [1.165, 1.54) is 4.31 Å². The molecule has 29 heavy (non-hydrogen) atoms. The summed E-state index contributed by atoms with van der Waals surface area (Å²) in [4.78, 5) is 21.3. The second-order valence-corrected chi connectivity index (χ2v) is 9.51. The minimum absolute atomic E-state index is 0.0376. The molecule has 0 unspecified atom stereocenters. The second-order valence-electron chi connectivity index (χ2n) is 7.57. The van der Waals surface area contributed by atoms with Crippen LogP contribution in [0.1, 0.15) is 23.2 Å². The molecule has 0 radical (unpaired) electrons. The molecule has 2 fully saturated rings. The van der Waals surface area contributed by atoms with Gasteiger partial charge in [0.25, 0.3) is 5.91 Å². The molecule has 2 aromatic rings. The average molecular weight is 418 g/mol. The van der Waals surface area contributed by atoms with Crippen molar-refractivity contribution in [1.29, 1.82) is 0 Å². The Balaban J connectivity index is 1.32. The van der Waals surface area contributed by atoms with Crippen LogP contribution < -0.4 is 0 Å². The van der Waals surface area contributed by atoms with E-state index in [0.29, 0.717) is 31.7 Å². The fraction of sp³-hybridized carbons (Fsp3) is 0.500. The summed E-state index contributed by atoms with van der Waals surface area (Å²) in [5.74, 6) is -0.0376. The monoisotopic (exact) mass is 417 g/mol. The van der Waals surface area contributed by atoms with Crippen LogP contribution in [0.5, 0.6) is 0 Å². The standard InChI is InChI=1S/C20H27N5O3S/c26-20(24-15-13-22(14-16-24)11-12-23-10-7-21-17-23)18-3-5-19(6-4-18)29(27,28)25-8-1-2-9-25/h3-7,10,17H,1-2,8-9,11-16H2. The van der Waals surface area contributed by atoms with Crippen LogP contribution in [0, 0.1) is 0 Å². The minimum atomic E-state index is -3.44. The Morgan fingerprint density at radius 3 is 2.24 bits per heavy atom. The fourth-order valence-electron chi connectivity index (χ4n) is 3.88. The van der Waals surface area contributed by atoms with E-state index in [0.717, 1.165) is 39.0 Å². The van der Waals surface area contributed by atoms with Crippen molar-refractivity contribution >= 4 is 15.9 Å². The number of hydrogen-bond acceptors (Lipinski definition) is 5. The van der Waals surface area contributed by atoms with E-state index in [-0.39, 0.29) is 10.8 Å². The molecule has 1 aromatic heterocycles. The van der Waals surface area contributed by atoms with Crippen LogP contribution in [0.15, 0.2) is 47.9 Å². The second kappa shape index (κ2) is 8.64. The summed E-state index contributed by atoms with van der Waals surface area (Å²) in [6.45, 7) is 6.00. The van der Waals surface area contributed by atoms with Gasteiger partial charge in [0.2, 0.25) is 10.0 Å². The molecule has 1 aromatic carbocycles. The van der Waals surface area contributed by atoms with Crippen molar-refractivity contribution in [1.82, 2.24) is 23.7 Å². The molecule has 0 aliphatic carbocycles. The van der Waals surface area contributed by atoms with Gasteiger partial charge >= 0.3 is 0 Å². The molecule has 3 heterocycles. The van der Waals surface area contributed by atoms with E-state index in [2.05, 4.69) is 14.5 Å². The van der Waals surface area contributed by atoms with Crippen molar-refractivity contribution in [2.75, 3.05) is 45.8 Å². The van der Waals surface area contributed by atoms with Crippen LogP contribution in [0.2, 0.25) is 0 Å². The number of piperazine rings is 1. The first kappa shape index (κ1) is 20.1. The molecular weight excluding hydrogens is 390 g/mol. The van der Waals surface area contributed by atoms with Crippen molar-refractivity contribution in [2.24, 2.45) is 0 Å². The molecule has 0 atom stereocenters. The third-order valence-electron chi connectivity index (χ3n) is 5.70. The molecule has 8 nitrogen and oxygen atoms in total. The minimum Gasteiger partial charge on any atom is -0.336 e. The predicted octanol–water partition coefficient (Wildman–Crippen LogP) is 1.13. The summed E-state index contributed by atoms with van der Waals surface area (Å²) >= 11 is 0. The van der Waals surface area contributed by atoms with Gasteiger partial charge < -0.3 is 9.47 Å². The van der Waals surface area contributed by atoms with E-state index in [4.69, 9.17) is 0 Å². The molecule has 4 rings (SSSR count). The molecule has 1 amide bonds. The highest BCUT2D eigenvalue weighted by Crippen LogP contribution is 2.21. The highest BCUT2D eigenvalue weighted by molar-refractivity contribution is 7.89. The first-order chi connectivity index (χ1) is 14.0. The lowest BCUT2D eigenvalue weighted by Gasteiger charge is -2.34. The maximum Gasteiger partial charge on any atom is 0.253 e. The number of hydrogen-bond donors (Lipinski definition) is 0. The molecule has 2 aliphatic heterocycles. The zero-order valence-corrected chi connectivity index (χ0v) is 17.3. The number of carbonyl (C=O) groups is 1. The third-order valence-corrected chi connectivity index (χ3v) is 7.61. The summed E-state index contributed by atoms with van der Waals surface area (Å²) in [6.07, 6.45) is 7.35. The van der Waals surface area contributed by atoms with Crippen LogP contribution in [0.3, 0.4) is 0 Å². The number of carbonyl (C=O) groups excluding carboxylic acids is 1. The average Bonchev–Trinajstić information content (AvgIpc) is 3.47. The van der Waals surface area contributed by atoms with Crippen LogP contribution in [-0.4, -0.2) is 83.8 Å². The quantitative estimate of drug-likeness (QED) is 0.704. The molecule has 0 spiro atoms. The molecule has 9 heteroatoms. The molecule has 2 saturated heterocycles. The van der Waals surface area contributed by atoms with Crippen LogP contribution in [0.25, 0.3) is 0 Å². The van der Waals surface area contributed by atoms with Gasteiger partial charge in [0, 0.05) is 70.3 Å². The molecule has 0 saturated carbocycles. The lowest BCUT2D eigenvalue weighted by atomic mass is 10.2. The summed E-state index contributed by atoms with van der Waals surface area (Å²) in [7, 11) is -3.44. The number of amides is 1. The topological polar surface area (TPSA) is 78.8 Å². The molecular formula is C20H27N5O3S. The summed E-state index contributed by atoms with van der Waals surface area (Å²) < 4.78 is 28.8. The van der Waals surface area contributed by atoms with Gasteiger partial charge in [-0.3, -0.25) is 9.69 Å². The van der Waals surface area contributed by atoms with Gasteiger partial charge in [-0.15, -0.1) is 0 Å². The molecule has 0 N–H and O–H groups in total. The largest absolute Gasteiger partial charge is 0.336 e. The number of rotatable bonds is 6. The van der Waals surface area contributed by atoms with Crippen molar-refractivity contribution in [3.63, 3.8) is 0 Å². The number of aromatic nitrogens is 2. The van der Waals surface area contributed by atoms with Crippen molar-refractivity contribution in [3.05, 3.63) is 48.5 Å². The highest BCUT2D eigenvalue weighted by atomic mass is 32.2. The maximum absolute atomic E-state index is 12.8. The highest BCUT2D eigenvalue weighted by Gasteiger charge is 2.28. The van der Waals surface area contributed by atoms with E-state index >= 15 is 0 Å². The number of nitrogens with zero attached hydrogens (tertiary/aromatic N) is 5. The van der Waals surface area contributed by atoms with Gasteiger partial charge in [-0.25, -0.2) is 13.4 Å². The van der Waals surface area contributed by atoms with Gasteiger partial charge in [-0.05, 0) is 37.1 Å². The van der Waals surface area contributed by atoms with E-state index in [9.17, 15) is 13.2 Å². The Bertz CT molecular complexity index is 914. The SMILES string of the molecule is O=C(c1ccc(S(=O)(=O)N2CCCC2)cc1)N1CCN(CCn2ccnc2)CC1. The number of benzene rings is 1. The smallest absolute Gasteiger partial charge is 0.253 e. The Labute approximate surface area is 171 Å². The molecule has 0 bridgehead atoms. The van der Waals surface area contributed by atoms with Crippen LogP contribution in [0.4, 0.5) is 0 Å². The van der Waals surface area contributed by atoms with Gasteiger partial charge in [0.15, 0.2) is 0 Å². The fourth-order valence-corrected chi connectivity index (χ4v) is 5.40. The summed E-state index contributed by atoms with van der Waals surface area (Å²) in [5.41, 5.74) is 0.539. The Kier molecular flexibility index (Phi) is 5.98. The van der Waals surface area contributed by atoms with E-state index < -0.39 is 10.0 Å². The lowest BCUT2D eigenvalue weighted by molar-refractivity contribution is 0.0633. The Hall–Kier alpha value is -2.23.